The fourth-order valence-electron chi connectivity index (χ4n) is 3.52. The molecule has 3 amide bonds. The minimum atomic E-state index is -1.57. The van der Waals surface area contributed by atoms with Gasteiger partial charge in [0.05, 0.1) is 23.7 Å². The molecular weight excluding hydrogens is 466 g/mol. The Morgan fingerprint density at radius 2 is 1.62 bits per heavy atom. The largest absolute Gasteiger partial charge is 0.394 e. The molecule has 0 aromatic heterocycles. The number of aliphatic hydroxyl groups excluding tert-OH is 4. The number of aliphatic hydroxyl groups is 4. The summed E-state index contributed by atoms with van der Waals surface area (Å²) < 4.78 is 5.59. The van der Waals surface area contributed by atoms with E-state index in [4.69, 9.17) is 4.74 Å². The molecule has 6 N–H and O–H groups in total. The zero-order chi connectivity index (χ0) is 25.6. The van der Waals surface area contributed by atoms with Gasteiger partial charge < -0.3 is 40.7 Å². The van der Waals surface area contributed by atoms with Crippen LogP contribution in [0.3, 0.4) is 0 Å². The number of unbranched alkanes of at least 4 members (excludes halogenated alkanes) is 1. The fourth-order valence-corrected chi connectivity index (χ4v) is 4.69. The Balaban J connectivity index is 2.58. The topological polar surface area (TPSA) is 169 Å². The molecule has 1 saturated heterocycles. The summed E-state index contributed by atoms with van der Waals surface area (Å²) >= 11 is 0.941. The maximum Gasteiger partial charge on any atom is 0.223 e. The number of carbonyl (C=O) groups excluding carboxylic acids is 3. The van der Waals surface area contributed by atoms with Crippen molar-refractivity contribution in [1.29, 1.82) is 0 Å². The maximum atomic E-state index is 12.4. The second-order valence-electron chi connectivity index (χ2n) is 8.07. The van der Waals surface area contributed by atoms with E-state index in [9.17, 15) is 34.8 Å². The average Bonchev–Trinajstić information content (AvgIpc) is 2.75. The van der Waals surface area contributed by atoms with E-state index < -0.39 is 42.4 Å². The summed E-state index contributed by atoms with van der Waals surface area (Å²) in [6.45, 7) is 5.82. The highest BCUT2D eigenvalue weighted by molar-refractivity contribution is 8.00. The van der Waals surface area contributed by atoms with Crippen LogP contribution in [0.4, 0.5) is 17.1 Å². The lowest BCUT2D eigenvalue weighted by Crippen LogP contribution is -2.57. The Bertz CT molecular complexity index is 897. The first-order valence-corrected chi connectivity index (χ1v) is 11.9. The molecule has 2 rings (SSSR count). The Hall–Kier alpha value is -2.22. The van der Waals surface area contributed by atoms with Gasteiger partial charge in [0.25, 0.3) is 0 Å². The molecule has 0 unspecified atom stereocenters. The lowest BCUT2D eigenvalue weighted by molar-refractivity contribution is -0.205. The molecule has 1 aliphatic rings. The Morgan fingerprint density at radius 1 is 1.00 bits per heavy atom. The molecule has 0 spiro atoms. The molecule has 11 nitrogen and oxygen atoms in total. The molecule has 1 aliphatic heterocycles. The second kappa shape index (κ2) is 12.5. The van der Waals surface area contributed by atoms with E-state index in [1.807, 2.05) is 6.92 Å². The van der Waals surface area contributed by atoms with Crippen molar-refractivity contribution in [2.75, 3.05) is 28.7 Å². The Kier molecular flexibility index (Phi) is 10.3. The van der Waals surface area contributed by atoms with Gasteiger partial charge in [-0.25, -0.2) is 0 Å². The van der Waals surface area contributed by atoms with Gasteiger partial charge in [-0.1, -0.05) is 25.1 Å². The van der Waals surface area contributed by atoms with Crippen LogP contribution in [0.15, 0.2) is 17.0 Å². The number of hydrogen-bond donors (Lipinski definition) is 6. The summed E-state index contributed by atoms with van der Waals surface area (Å²) in [6, 6.07) is 3.09. The van der Waals surface area contributed by atoms with Crippen LogP contribution < -0.4 is 15.5 Å². The number of amides is 3. The number of benzene rings is 1. The van der Waals surface area contributed by atoms with Gasteiger partial charge in [0, 0.05) is 32.2 Å². The maximum absolute atomic E-state index is 12.4. The normalized spacial score (nSPS) is 24.4. The van der Waals surface area contributed by atoms with Crippen LogP contribution in [0.5, 0.6) is 0 Å². The van der Waals surface area contributed by atoms with E-state index in [0.29, 0.717) is 29.2 Å². The van der Waals surface area contributed by atoms with Crippen LogP contribution in [0.25, 0.3) is 0 Å². The van der Waals surface area contributed by atoms with Crippen LogP contribution >= 0.6 is 11.8 Å². The van der Waals surface area contributed by atoms with E-state index in [0.717, 1.165) is 18.2 Å². The highest BCUT2D eigenvalue weighted by atomic mass is 32.2. The van der Waals surface area contributed by atoms with Gasteiger partial charge in [-0.05, 0) is 18.6 Å². The molecule has 190 valence electrons. The molecule has 12 heteroatoms. The van der Waals surface area contributed by atoms with E-state index >= 15 is 0 Å². The van der Waals surface area contributed by atoms with Crippen molar-refractivity contribution in [3.8, 4) is 0 Å². The smallest absolute Gasteiger partial charge is 0.223 e. The Morgan fingerprint density at radius 3 is 2.15 bits per heavy atom. The van der Waals surface area contributed by atoms with Crippen molar-refractivity contribution in [3.63, 3.8) is 0 Å². The van der Waals surface area contributed by atoms with Crippen molar-refractivity contribution in [2.45, 2.75) is 75.3 Å². The van der Waals surface area contributed by atoms with E-state index in [1.54, 1.807) is 6.07 Å². The molecule has 1 fully saturated rings. The van der Waals surface area contributed by atoms with Gasteiger partial charge in [-0.15, -0.1) is 0 Å². The van der Waals surface area contributed by atoms with E-state index in [-0.39, 0.29) is 17.5 Å². The number of rotatable bonds is 9. The molecule has 0 saturated carbocycles. The van der Waals surface area contributed by atoms with Crippen LogP contribution in [0.1, 0.15) is 40.5 Å². The number of nitrogens with zero attached hydrogens (tertiary/aromatic N) is 1. The predicted molar refractivity (Wildman–Crippen MR) is 128 cm³/mol. The highest BCUT2D eigenvalue weighted by Crippen LogP contribution is 2.42. The molecule has 0 radical (unpaired) electrons. The molecule has 34 heavy (non-hydrogen) atoms. The lowest BCUT2D eigenvalue weighted by Gasteiger charge is -2.39. The van der Waals surface area contributed by atoms with Crippen molar-refractivity contribution < 1.29 is 39.5 Å². The molecular formula is C22H33N3O8S. The first-order chi connectivity index (χ1) is 16.0. The highest BCUT2D eigenvalue weighted by Gasteiger charge is 2.44. The standard InChI is InChI=1S/C22H33N3O8S/c1-5-6-7-25(13(4)29)16-9-18(15(24-12(3)28)8-14(16)23-11(2)27)34-22-21(32)20(31)19(30)17(10-26)33-22/h8-9,17,19-22,26,30-32H,5-7,10H2,1-4H3,(H,23,27)(H,24,28)/t17-,19+,20+,21-,22+/m1/s1. The average molecular weight is 500 g/mol. The van der Waals surface area contributed by atoms with Crippen molar-refractivity contribution >= 4 is 46.5 Å². The monoisotopic (exact) mass is 499 g/mol. The van der Waals surface area contributed by atoms with Gasteiger partial charge in [-0.2, -0.15) is 0 Å². The summed E-state index contributed by atoms with van der Waals surface area (Å²) in [5.41, 5.74) is -0.136. The summed E-state index contributed by atoms with van der Waals surface area (Å²) in [7, 11) is 0. The van der Waals surface area contributed by atoms with E-state index in [1.165, 1.54) is 31.7 Å². The molecule has 0 bridgehead atoms. The number of carbonyl (C=O) groups is 3. The van der Waals surface area contributed by atoms with Crippen LogP contribution in [-0.4, -0.2) is 81.2 Å². The van der Waals surface area contributed by atoms with Crippen LogP contribution in [0, 0.1) is 0 Å². The summed E-state index contributed by atoms with van der Waals surface area (Å²) in [4.78, 5) is 38.0. The summed E-state index contributed by atoms with van der Waals surface area (Å²) in [6.07, 6.45) is -4.14. The fraction of sp³-hybridized carbons (Fsp3) is 0.591. The molecule has 1 aromatic rings. The number of thioether (sulfide) groups is 1. The van der Waals surface area contributed by atoms with Gasteiger partial charge in [0.15, 0.2) is 0 Å². The number of ether oxygens (including phenoxy) is 1. The molecule has 1 aromatic carbocycles. The zero-order valence-corrected chi connectivity index (χ0v) is 20.5. The Labute approximate surface area is 202 Å². The third kappa shape index (κ3) is 6.90. The van der Waals surface area contributed by atoms with Gasteiger partial charge in [0.1, 0.15) is 29.9 Å². The van der Waals surface area contributed by atoms with E-state index in [2.05, 4.69) is 10.6 Å². The minimum absolute atomic E-state index is 0.254. The first-order valence-electron chi connectivity index (χ1n) is 11.0. The summed E-state index contributed by atoms with van der Waals surface area (Å²) in [5.74, 6) is -1.02. The van der Waals surface area contributed by atoms with Gasteiger partial charge in [-0.3, -0.25) is 14.4 Å². The van der Waals surface area contributed by atoms with Gasteiger partial charge >= 0.3 is 0 Å². The third-order valence-electron chi connectivity index (χ3n) is 5.22. The first kappa shape index (κ1) is 28.0. The lowest BCUT2D eigenvalue weighted by atomic mass is 10.0. The quantitative estimate of drug-likeness (QED) is 0.286. The number of hydrogen-bond acceptors (Lipinski definition) is 9. The SMILES string of the molecule is CCCCN(C(C)=O)c1cc(S[C@@H]2O[C@H](CO)[C@H](O)[C@H](O)[C@H]2O)c(NC(C)=O)cc1NC(C)=O. The van der Waals surface area contributed by atoms with Crippen molar-refractivity contribution in [1.82, 2.24) is 0 Å². The minimum Gasteiger partial charge on any atom is -0.394 e. The van der Waals surface area contributed by atoms with Crippen molar-refractivity contribution in [2.24, 2.45) is 0 Å². The van der Waals surface area contributed by atoms with Crippen LogP contribution in [0.2, 0.25) is 0 Å². The van der Waals surface area contributed by atoms with Gasteiger partial charge in [0.2, 0.25) is 17.7 Å². The number of anilines is 3. The van der Waals surface area contributed by atoms with Crippen LogP contribution in [-0.2, 0) is 19.1 Å². The summed E-state index contributed by atoms with van der Waals surface area (Å²) in [5, 5.41) is 45.5. The molecule has 1 heterocycles. The molecule has 5 atom stereocenters. The predicted octanol–water partition coefficient (Wildman–Crippen LogP) is 0.648. The third-order valence-corrected chi connectivity index (χ3v) is 6.43. The second-order valence-corrected chi connectivity index (χ2v) is 9.21. The zero-order valence-electron chi connectivity index (χ0n) is 19.6. The number of nitrogens with one attached hydrogen (secondary N) is 2. The molecule has 0 aliphatic carbocycles. The van der Waals surface area contributed by atoms with Crippen molar-refractivity contribution in [3.05, 3.63) is 12.1 Å².